The smallest absolute Gasteiger partial charge is 0.409 e. The number of piperazine rings is 1. The molecule has 0 unspecified atom stereocenters. The molecule has 2 heterocycles. The Morgan fingerprint density at radius 2 is 1.69 bits per heavy atom. The van der Waals surface area contributed by atoms with Crippen LogP contribution >= 0.6 is 0 Å². The van der Waals surface area contributed by atoms with Crippen molar-refractivity contribution in [3.8, 4) is 0 Å². The number of anilines is 1. The number of carbonyl (C=O) groups is 3. The second-order valence-corrected chi connectivity index (χ2v) is 6.61. The Kier molecular flexibility index (Phi) is 6.43. The fourth-order valence-electron chi connectivity index (χ4n) is 3.11. The van der Waals surface area contributed by atoms with Crippen molar-refractivity contribution in [2.45, 2.75) is 6.92 Å². The first-order valence-corrected chi connectivity index (χ1v) is 9.51. The molecule has 0 atom stereocenters. The van der Waals surface area contributed by atoms with Gasteiger partial charge in [0, 0.05) is 50.7 Å². The standard InChI is InChI=1S/C21H24N4O4/c1-3-29-21(28)25-13-11-24(12-14-25)19(26)16-9-10-22-18(15-16)20(27)23(2)17-7-5-4-6-8-17/h4-10,15H,3,11-14H2,1-2H3. The van der Waals surface area contributed by atoms with Crippen LogP contribution in [0.25, 0.3) is 0 Å². The van der Waals surface area contributed by atoms with E-state index in [0.717, 1.165) is 5.69 Å². The van der Waals surface area contributed by atoms with Crippen LogP contribution in [0.5, 0.6) is 0 Å². The summed E-state index contributed by atoms with van der Waals surface area (Å²) in [5, 5.41) is 0. The van der Waals surface area contributed by atoms with Crippen LogP contribution in [0.4, 0.5) is 10.5 Å². The lowest BCUT2D eigenvalue weighted by Crippen LogP contribution is -2.50. The van der Waals surface area contributed by atoms with E-state index in [0.29, 0.717) is 38.3 Å². The molecular weight excluding hydrogens is 372 g/mol. The molecule has 0 bridgehead atoms. The maximum Gasteiger partial charge on any atom is 0.409 e. The van der Waals surface area contributed by atoms with E-state index in [2.05, 4.69) is 4.98 Å². The normalized spacial score (nSPS) is 13.7. The number of benzene rings is 1. The lowest BCUT2D eigenvalue weighted by atomic mass is 10.1. The van der Waals surface area contributed by atoms with Gasteiger partial charge < -0.3 is 19.4 Å². The quantitative estimate of drug-likeness (QED) is 0.792. The minimum Gasteiger partial charge on any atom is -0.450 e. The minimum atomic E-state index is -0.361. The maximum absolute atomic E-state index is 12.9. The molecule has 29 heavy (non-hydrogen) atoms. The van der Waals surface area contributed by atoms with Gasteiger partial charge in [0.05, 0.1) is 6.61 Å². The molecule has 1 aliphatic rings. The monoisotopic (exact) mass is 396 g/mol. The molecule has 152 valence electrons. The van der Waals surface area contributed by atoms with Gasteiger partial charge in [0.1, 0.15) is 5.69 Å². The third-order valence-corrected chi connectivity index (χ3v) is 4.77. The van der Waals surface area contributed by atoms with Crippen LogP contribution in [0.15, 0.2) is 48.7 Å². The molecule has 8 heteroatoms. The Labute approximate surface area is 169 Å². The van der Waals surface area contributed by atoms with Crippen LogP contribution in [-0.4, -0.2) is 72.5 Å². The second kappa shape index (κ2) is 9.18. The van der Waals surface area contributed by atoms with Gasteiger partial charge in [-0.1, -0.05) is 18.2 Å². The molecular formula is C21H24N4O4. The van der Waals surface area contributed by atoms with Crippen molar-refractivity contribution in [3.05, 3.63) is 59.9 Å². The molecule has 3 rings (SSSR count). The highest BCUT2D eigenvalue weighted by Gasteiger charge is 2.26. The number of carbonyl (C=O) groups excluding carboxylic acids is 3. The van der Waals surface area contributed by atoms with Crippen molar-refractivity contribution in [2.24, 2.45) is 0 Å². The largest absolute Gasteiger partial charge is 0.450 e. The topological polar surface area (TPSA) is 83.0 Å². The Bertz CT molecular complexity index is 879. The van der Waals surface area contributed by atoms with Crippen LogP contribution in [0.2, 0.25) is 0 Å². The molecule has 1 aliphatic heterocycles. The van der Waals surface area contributed by atoms with Gasteiger partial charge in [0.2, 0.25) is 0 Å². The zero-order chi connectivity index (χ0) is 20.8. The van der Waals surface area contributed by atoms with Crippen molar-refractivity contribution >= 4 is 23.6 Å². The van der Waals surface area contributed by atoms with Gasteiger partial charge in [-0.05, 0) is 31.2 Å². The van der Waals surface area contributed by atoms with E-state index in [1.807, 2.05) is 30.3 Å². The van der Waals surface area contributed by atoms with Crippen LogP contribution in [-0.2, 0) is 4.74 Å². The zero-order valence-corrected chi connectivity index (χ0v) is 16.6. The highest BCUT2D eigenvalue weighted by atomic mass is 16.6. The van der Waals surface area contributed by atoms with Crippen molar-refractivity contribution in [2.75, 3.05) is 44.7 Å². The fraction of sp³-hybridized carbons (Fsp3) is 0.333. The van der Waals surface area contributed by atoms with Crippen molar-refractivity contribution in [1.82, 2.24) is 14.8 Å². The molecule has 0 saturated carbocycles. The van der Waals surface area contributed by atoms with Crippen LogP contribution in [0, 0.1) is 0 Å². The van der Waals surface area contributed by atoms with Crippen LogP contribution < -0.4 is 4.90 Å². The molecule has 0 spiro atoms. The van der Waals surface area contributed by atoms with E-state index in [4.69, 9.17) is 4.74 Å². The van der Waals surface area contributed by atoms with Crippen molar-refractivity contribution in [1.29, 1.82) is 0 Å². The number of pyridine rings is 1. The molecule has 3 amide bonds. The summed E-state index contributed by atoms with van der Waals surface area (Å²) < 4.78 is 5.00. The average Bonchev–Trinajstić information content (AvgIpc) is 2.78. The van der Waals surface area contributed by atoms with Crippen molar-refractivity contribution in [3.63, 3.8) is 0 Å². The summed E-state index contributed by atoms with van der Waals surface area (Å²) in [7, 11) is 1.67. The first-order chi connectivity index (χ1) is 14.0. The summed E-state index contributed by atoms with van der Waals surface area (Å²) in [5.74, 6) is -0.481. The van der Waals surface area contributed by atoms with Gasteiger partial charge in [-0.15, -0.1) is 0 Å². The number of aromatic nitrogens is 1. The van der Waals surface area contributed by atoms with Gasteiger partial charge in [-0.3, -0.25) is 14.6 Å². The lowest BCUT2D eigenvalue weighted by Gasteiger charge is -2.34. The summed E-state index contributed by atoms with van der Waals surface area (Å²) in [4.78, 5) is 46.3. The van der Waals surface area contributed by atoms with Crippen LogP contribution in [0.1, 0.15) is 27.8 Å². The third-order valence-electron chi connectivity index (χ3n) is 4.77. The van der Waals surface area contributed by atoms with E-state index < -0.39 is 0 Å². The average molecular weight is 396 g/mol. The molecule has 0 aliphatic carbocycles. The molecule has 8 nitrogen and oxygen atoms in total. The number of hydrogen-bond donors (Lipinski definition) is 0. The second-order valence-electron chi connectivity index (χ2n) is 6.61. The fourth-order valence-corrected chi connectivity index (χ4v) is 3.11. The molecule has 2 aromatic rings. The summed E-state index contributed by atoms with van der Waals surface area (Å²) in [5.41, 5.74) is 1.34. The highest BCUT2D eigenvalue weighted by molar-refractivity contribution is 6.06. The molecule has 1 fully saturated rings. The summed E-state index contributed by atoms with van der Waals surface area (Å²) >= 11 is 0. The lowest BCUT2D eigenvalue weighted by molar-refractivity contribution is 0.0570. The summed E-state index contributed by atoms with van der Waals surface area (Å²) in [6.07, 6.45) is 1.11. The highest BCUT2D eigenvalue weighted by Crippen LogP contribution is 2.16. The predicted molar refractivity (Wildman–Crippen MR) is 108 cm³/mol. The van der Waals surface area contributed by atoms with Crippen LogP contribution in [0.3, 0.4) is 0 Å². The first kappa shape index (κ1) is 20.3. The Morgan fingerprint density at radius 3 is 2.34 bits per heavy atom. The molecule has 0 N–H and O–H groups in total. The third kappa shape index (κ3) is 4.71. The van der Waals surface area contributed by atoms with E-state index in [1.165, 1.54) is 17.2 Å². The SMILES string of the molecule is CCOC(=O)N1CCN(C(=O)c2ccnc(C(=O)N(C)c3ccccc3)c2)CC1. The Morgan fingerprint density at radius 1 is 1.03 bits per heavy atom. The Balaban J connectivity index is 1.67. The minimum absolute atomic E-state index is 0.188. The zero-order valence-electron chi connectivity index (χ0n) is 16.6. The molecule has 1 aromatic heterocycles. The number of ether oxygens (including phenoxy) is 1. The van der Waals surface area contributed by atoms with Crippen molar-refractivity contribution < 1.29 is 19.1 Å². The number of nitrogens with zero attached hydrogens (tertiary/aromatic N) is 4. The van der Waals surface area contributed by atoms with E-state index in [9.17, 15) is 14.4 Å². The molecule has 1 aromatic carbocycles. The maximum atomic E-state index is 12.9. The van der Waals surface area contributed by atoms with Gasteiger partial charge in [0.25, 0.3) is 11.8 Å². The van der Waals surface area contributed by atoms with Gasteiger partial charge in [-0.25, -0.2) is 4.79 Å². The van der Waals surface area contributed by atoms with E-state index in [1.54, 1.807) is 29.8 Å². The van der Waals surface area contributed by atoms with Gasteiger partial charge in [-0.2, -0.15) is 0 Å². The number of hydrogen-bond acceptors (Lipinski definition) is 5. The van der Waals surface area contributed by atoms with Gasteiger partial charge >= 0.3 is 6.09 Å². The van der Waals surface area contributed by atoms with E-state index in [-0.39, 0.29) is 23.6 Å². The first-order valence-electron chi connectivity index (χ1n) is 9.51. The van der Waals surface area contributed by atoms with Gasteiger partial charge in [0.15, 0.2) is 0 Å². The predicted octanol–water partition coefficient (Wildman–Crippen LogP) is 2.27. The molecule has 1 saturated heterocycles. The summed E-state index contributed by atoms with van der Waals surface area (Å²) in [6.45, 7) is 3.73. The summed E-state index contributed by atoms with van der Waals surface area (Å²) in [6, 6.07) is 12.3. The van der Waals surface area contributed by atoms with E-state index >= 15 is 0 Å². The number of rotatable bonds is 4. The molecule has 0 radical (unpaired) electrons. The number of para-hydroxylation sites is 1. The Hall–Kier alpha value is -3.42. The number of amides is 3.